The first-order chi connectivity index (χ1) is 15.5. The van der Waals surface area contributed by atoms with Crippen LogP contribution in [0.2, 0.25) is 5.02 Å². The van der Waals surface area contributed by atoms with E-state index in [0.29, 0.717) is 61.1 Å². The number of alkyl carbamates (subject to hydrolysis) is 1. The van der Waals surface area contributed by atoms with Crippen molar-refractivity contribution in [1.82, 2.24) is 15.5 Å². The van der Waals surface area contributed by atoms with Crippen molar-refractivity contribution in [3.05, 3.63) is 58.6 Å². The Morgan fingerprint density at radius 3 is 2.72 bits per heavy atom. The third-order valence-corrected chi connectivity index (χ3v) is 5.66. The minimum absolute atomic E-state index is 0.117. The number of nitrogens with zero attached hydrogens (tertiary/aromatic N) is 1. The molecule has 0 aliphatic carbocycles. The van der Waals surface area contributed by atoms with Crippen molar-refractivity contribution < 1.29 is 23.9 Å². The van der Waals surface area contributed by atoms with E-state index in [1.165, 1.54) is 0 Å². The number of ether oxygens (including phenoxy) is 2. The lowest BCUT2D eigenvalue weighted by Crippen LogP contribution is -2.28. The zero-order chi connectivity index (χ0) is 22.5. The van der Waals surface area contributed by atoms with E-state index in [4.69, 9.17) is 21.1 Å². The summed E-state index contributed by atoms with van der Waals surface area (Å²) in [6.07, 6.45) is 1.25. The molecule has 32 heavy (non-hydrogen) atoms. The minimum atomic E-state index is -0.433. The van der Waals surface area contributed by atoms with Crippen LogP contribution >= 0.6 is 11.6 Å². The first-order valence-corrected chi connectivity index (χ1v) is 10.9. The van der Waals surface area contributed by atoms with Crippen LogP contribution in [0.4, 0.5) is 4.79 Å². The van der Waals surface area contributed by atoms with Crippen molar-refractivity contribution >= 4 is 29.5 Å². The SMILES string of the molecule is O=C1NCC(CCNC(=O)c2ccc(CN3CCCC3=O)c(Oc3ccc(Cl)cc3)c2)O1. The molecule has 0 spiro atoms. The van der Waals surface area contributed by atoms with Gasteiger partial charge in [-0.1, -0.05) is 17.7 Å². The van der Waals surface area contributed by atoms with Crippen LogP contribution in [0.25, 0.3) is 0 Å². The third kappa shape index (κ3) is 5.50. The van der Waals surface area contributed by atoms with Gasteiger partial charge in [-0.25, -0.2) is 4.79 Å². The van der Waals surface area contributed by atoms with Gasteiger partial charge in [0.1, 0.15) is 17.6 Å². The van der Waals surface area contributed by atoms with Gasteiger partial charge in [0.15, 0.2) is 0 Å². The molecule has 2 aliphatic rings. The molecule has 9 heteroatoms. The molecule has 2 aromatic rings. The number of hydrogen-bond acceptors (Lipinski definition) is 5. The lowest BCUT2D eigenvalue weighted by atomic mass is 10.1. The van der Waals surface area contributed by atoms with Crippen molar-refractivity contribution in [3.63, 3.8) is 0 Å². The average molecular weight is 458 g/mol. The Bertz CT molecular complexity index is 1010. The van der Waals surface area contributed by atoms with E-state index in [1.54, 1.807) is 41.3 Å². The van der Waals surface area contributed by atoms with Gasteiger partial charge < -0.3 is 25.0 Å². The number of carbonyl (C=O) groups excluding carboxylic acids is 3. The maximum Gasteiger partial charge on any atom is 0.407 e. The summed E-state index contributed by atoms with van der Waals surface area (Å²) in [4.78, 5) is 37.6. The lowest BCUT2D eigenvalue weighted by molar-refractivity contribution is -0.128. The van der Waals surface area contributed by atoms with E-state index >= 15 is 0 Å². The number of halogens is 1. The maximum absolute atomic E-state index is 12.7. The molecule has 2 fully saturated rings. The van der Waals surface area contributed by atoms with E-state index in [2.05, 4.69) is 10.6 Å². The summed E-state index contributed by atoms with van der Waals surface area (Å²) in [7, 11) is 0. The van der Waals surface area contributed by atoms with Gasteiger partial charge in [-0.15, -0.1) is 0 Å². The highest BCUT2D eigenvalue weighted by atomic mass is 35.5. The molecule has 8 nitrogen and oxygen atoms in total. The van der Waals surface area contributed by atoms with Gasteiger partial charge in [0, 0.05) is 48.6 Å². The number of benzene rings is 2. The first-order valence-electron chi connectivity index (χ1n) is 10.5. The Hall–Kier alpha value is -3.26. The van der Waals surface area contributed by atoms with Crippen LogP contribution in [0.5, 0.6) is 11.5 Å². The van der Waals surface area contributed by atoms with E-state index in [9.17, 15) is 14.4 Å². The summed E-state index contributed by atoms with van der Waals surface area (Å²) in [6.45, 7) is 1.94. The summed E-state index contributed by atoms with van der Waals surface area (Å²) in [5, 5.41) is 6.02. The van der Waals surface area contributed by atoms with Gasteiger partial charge in [0.25, 0.3) is 5.91 Å². The second-order valence-electron chi connectivity index (χ2n) is 7.75. The van der Waals surface area contributed by atoms with Crippen molar-refractivity contribution in [2.24, 2.45) is 0 Å². The van der Waals surface area contributed by atoms with Crippen LogP contribution in [0.3, 0.4) is 0 Å². The second kappa shape index (κ2) is 9.91. The van der Waals surface area contributed by atoms with E-state index in [-0.39, 0.29) is 17.9 Å². The van der Waals surface area contributed by atoms with Gasteiger partial charge in [-0.2, -0.15) is 0 Å². The molecule has 2 saturated heterocycles. The van der Waals surface area contributed by atoms with Crippen LogP contribution in [0.15, 0.2) is 42.5 Å². The molecule has 168 valence electrons. The number of cyclic esters (lactones) is 1. The van der Waals surface area contributed by atoms with Crippen molar-refractivity contribution in [2.45, 2.75) is 31.9 Å². The molecule has 1 atom stereocenters. The van der Waals surface area contributed by atoms with E-state index in [0.717, 1.165) is 12.0 Å². The van der Waals surface area contributed by atoms with Crippen LogP contribution in [-0.4, -0.2) is 48.5 Å². The molecule has 0 bridgehead atoms. The minimum Gasteiger partial charge on any atom is -0.457 e. The Morgan fingerprint density at radius 2 is 2.03 bits per heavy atom. The molecule has 2 aliphatic heterocycles. The zero-order valence-electron chi connectivity index (χ0n) is 17.4. The molecule has 0 radical (unpaired) electrons. The number of likely N-dealkylation sites (tertiary alicyclic amines) is 1. The predicted octanol–water partition coefficient (Wildman–Crippen LogP) is 3.48. The number of rotatable bonds is 8. The molecule has 2 heterocycles. The molecule has 4 rings (SSSR count). The highest BCUT2D eigenvalue weighted by Crippen LogP contribution is 2.29. The zero-order valence-corrected chi connectivity index (χ0v) is 18.2. The largest absolute Gasteiger partial charge is 0.457 e. The van der Waals surface area contributed by atoms with Gasteiger partial charge in [0.05, 0.1) is 6.54 Å². The Kier molecular flexibility index (Phi) is 6.80. The van der Waals surface area contributed by atoms with Gasteiger partial charge in [-0.05, 0) is 42.8 Å². The number of nitrogens with one attached hydrogen (secondary N) is 2. The van der Waals surface area contributed by atoms with Gasteiger partial charge >= 0.3 is 6.09 Å². The Labute approximate surface area is 190 Å². The molecule has 0 saturated carbocycles. The molecular weight excluding hydrogens is 434 g/mol. The molecule has 1 unspecified atom stereocenters. The molecular formula is C23H24ClN3O5. The highest BCUT2D eigenvalue weighted by Gasteiger charge is 2.23. The van der Waals surface area contributed by atoms with Gasteiger partial charge in [-0.3, -0.25) is 9.59 Å². The van der Waals surface area contributed by atoms with E-state index in [1.807, 2.05) is 6.07 Å². The quantitative estimate of drug-likeness (QED) is 0.632. The smallest absolute Gasteiger partial charge is 0.407 e. The lowest BCUT2D eigenvalue weighted by Gasteiger charge is -2.19. The fraction of sp³-hybridized carbons (Fsp3) is 0.348. The van der Waals surface area contributed by atoms with Gasteiger partial charge in [0.2, 0.25) is 5.91 Å². The fourth-order valence-corrected chi connectivity index (χ4v) is 3.80. The van der Waals surface area contributed by atoms with Crippen LogP contribution in [0.1, 0.15) is 35.2 Å². The molecule has 2 N–H and O–H groups in total. The number of amides is 3. The summed E-state index contributed by atoms with van der Waals surface area (Å²) in [5.74, 6) is 0.948. The number of hydrogen-bond donors (Lipinski definition) is 2. The Morgan fingerprint density at radius 1 is 1.22 bits per heavy atom. The number of carbonyl (C=O) groups is 3. The van der Waals surface area contributed by atoms with Crippen LogP contribution < -0.4 is 15.4 Å². The van der Waals surface area contributed by atoms with Crippen LogP contribution in [0, 0.1) is 0 Å². The fourth-order valence-electron chi connectivity index (χ4n) is 3.67. The third-order valence-electron chi connectivity index (χ3n) is 5.40. The summed E-state index contributed by atoms with van der Waals surface area (Å²) in [6, 6.07) is 12.2. The summed E-state index contributed by atoms with van der Waals surface area (Å²) < 4.78 is 11.1. The molecule has 2 aromatic carbocycles. The van der Waals surface area contributed by atoms with Crippen LogP contribution in [-0.2, 0) is 16.1 Å². The topological polar surface area (TPSA) is 97.0 Å². The standard InChI is InChI=1S/C23H24ClN3O5/c24-17-5-7-18(8-6-17)31-20-12-15(3-4-16(20)14-27-11-1-2-21(27)28)22(29)25-10-9-19-13-26-23(30)32-19/h3-8,12,19H,1-2,9-11,13-14H2,(H,25,29)(H,26,30). The average Bonchev–Trinajstić information content (AvgIpc) is 3.38. The second-order valence-corrected chi connectivity index (χ2v) is 8.19. The Balaban J connectivity index is 1.47. The first kappa shape index (κ1) is 22.0. The van der Waals surface area contributed by atoms with Crippen molar-refractivity contribution in [3.8, 4) is 11.5 Å². The monoisotopic (exact) mass is 457 g/mol. The normalized spacial score (nSPS) is 17.8. The predicted molar refractivity (Wildman–Crippen MR) is 118 cm³/mol. The van der Waals surface area contributed by atoms with Crippen molar-refractivity contribution in [2.75, 3.05) is 19.6 Å². The molecule has 0 aromatic heterocycles. The van der Waals surface area contributed by atoms with Crippen molar-refractivity contribution in [1.29, 1.82) is 0 Å². The van der Waals surface area contributed by atoms with E-state index < -0.39 is 6.09 Å². The highest BCUT2D eigenvalue weighted by molar-refractivity contribution is 6.30. The summed E-state index contributed by atoms with van der Waals surface area (Å²) >= 11 is 5.96. The molecule has 3 amide bonds. The maximum atomic E-state index is 12.7. The summed E-state index contributed by atoms with van der Waals surface area (Å²) in [5.41, 5.74) is 1.25.